The van der Waals surface area contributed by atoms with E-state index in [1.54, 1.807) is 0 Å². The second kappa shape index (κ2) is 3.99. The van der Waals surface area contributed by atoms with Gasteiger partial charge >= 0.3 is 5.97 Å². The molecule has 13 heavy (non-hydrogen) atoms. The lowest BCUT2D eigenvalue weighted by Gasteiger charge is -2.21. The van der Waals surface area contributed by atoms with Gasteiger partial charge in [0.05, 0.1) is 5.92 Å². The molecule has 0 radical (unpaired) electrons. The minimum atomic E-state index is -0.346. The predicted octanol–water partition coefficient (Wildman–Crippen LogP) is 2.89. The average molecular weight is 249 g/mol. The molecule has 0 amide bonds. The van der Waals surface area contributed by atoms with Crippen molar-refractivity contribution in [2.45, 2.75) is 50.5 Å². The van der Waals surface area contributed by atoms with Crippen LogP contribution in [0.25, 0.3) is 0 Å². The zero-order valence-corrected chi connectivity index (χ0v) is 10.1. The summed E-state index contributed by atoms with van der Waals surface area (Å²) in [5, 5.41) is 0. The fourth-order valence-corrected chi connectivity index (χ4v) is 2.24. The SMILES string of the molecule is CC(C)(C)OC(=O)C1CCC(Br)C1. The molecule has 0 saturated heterocycles. The lowest BCUT2D eigenvalue weighted by molar-refractivity contribution is -0.159. The highest BCUT2D eigenvalue weighted by molar-refractivity contribution is 9.09. The second-order valence-corrected chi connectivity index (χ2v) is 5.94. The van der Waals surface area contributed by atoms with Crippen molar-refractivity contribution in [3.63, 3.8) is 0 Å². The molecule has 2 nitrogen and oxygen atoms in total. The normalized spacial score (nSPS) is 28.9. The van der Waals surface area contributed by atoms with Crippen LogP contribution in [0.15, 0.2) is 0 Å². The topological polar surface area (TPSA) is 26.3 Å². The Morgan fingerprint density at radius 1 is 1.38 bits per heavy atom. The van der Waals surface area contributed by atoms with Gasteiger partial charge in [-0.1, -0.05) is 15.9 Å². The maximum absolute atomic E-state index is 11.6. The third-order valence-electron chi connectivity index (χ3n) is 2.11. The minimum Gasteiger partial charge on any atom is -0.460 e. The Kier molecular flexibility index (Phi) is 3.38. The molecule has 0 aromatic rings. The van der Waals surface area contributed by atoms with E-state index >= 15 is 0 Å². The molecule has 1 aliphatic carbocycles. The van der Waals surface area contributed by atoms with Crippen LogP contribution in [0.1, 0.15) is 40.0 Å². The van der Waals surface area contributed by atoms with E-state index in [-0.39, 0.29) is 17.5 Å². The van der Waals surface area contributed by atoms with Crippen LogP contribution in [0.4, 0.5) is 0 Å². The molecule has 0 aliphatic heterocycles. The fraction of sp³-hybridized carbons (Fsp3) is 0.900. The Morgan fingerprint density at radius 3 is 2.38 bits per heavy atom. The summed E-state index contributed by atoms with van der Waals surface area (Å²) in [7, 11) is 0. The van der Waals surface area contributed by atoms with Crippen LogP contribution < -0.4 is 0 Å². The lowest BCUT2D eigenvalue weighted by atomic mass is 10.1. The van der Waals surface area contributed by atoms with Gasteiger partial charge in [-0.05, 0) is 40.0 Å². The number of alkyl halides is 1. The average Bonchev–Trinajstić information content (AvgIpc) is 2.31. The maximum atomic E-state index is 11.6. The monoisotopic (exact) mass is 248 g/mol. The molecule has 1 saturated carbocycles. The van der Waals surface area contributed by atoms with Crippen LogP contribution in [-0.2, 0) is 9.53 Å². The van der Waals surface area contributed by atoms with Crippen LogP contribution in [0.2, 0.25) is 0 Å². The van der Waals surface area contributed by atoms with Gasteiger partial charge in [-0.3, -0.25) is 4.79 Å². The number of carbonyl (C=O) groups excluding carboxylic acids is 1. The van der Waals surface area contributed by atoms with Gasteiger partial charge < -0.3 is 4.74 Å². The first-order chi connectivity index (χ1) is 5.88. The van der Waals surface area contributed by atoms with Crippen LogP contribution in [0.3, 0.4) is 0 Å². The zero-order valence-electron chi connectivity index (χ0n) is 8.47. The van der Waals surface area contributed by atoms with E-state index in [0.717, 1.165) is 19.3 Å². The number of carbonyl (C=O) groups is 1. The Morgan fingerprint density at radius 2 is 2.00 bits per heavy atom. The zero-order chi connectivity index (χ0) is 10.1. The van der Waals surface area contributed by atoms with Crippen molar-refractivity contribution in [3.05, 3.63) is 0 Å². The van der Waals surface area contributed by atoms with E-state index in [1.165, 1.54) is 0 Å². The van der Waals surface area contributed by atoms with E-state index in [9.17, 15) is 4.79 Å². The molecule has 0 spiro atoms. The Balaban J connectivity index is 2.41. The summed E-state index contributed by atoms with van der Waals surface area (Å²) in [6.45, 7) is 5.72. The van der Waals surface area contributed by atoms with Gasteiger partial charge in [0, 0.05) is 4.83 Å². The summed E-state index contributed by atoms with van der Waals surface area (Å²) >= 11 is 3.52. The molecule has 1 fully saturated rings. The quantitative estimate of drug-likeness (QED) is 0.527. The van der Waals surface area contributed by atoms with Crippen LogP contribution >= 0.6 is 15.9 Å². The molecule has 2 atom stereocenters. The Labute approximate surface area is 88.2 Å². The van der Waals surface area contributed by atoms with Crippen molar-refractivity contribution in [1.82, 2.24) is 0 Å². The molecule has 1 rings (SSSR count). The van der Waals surface area contributed by atoms with E-state index in [4.69, 9.17) is 4.74 Å². The molecule has 3 heteroatoms. The standard InChI is InChI=1S/C10H17BrO2/c1-10(2,3)13-9(12)7-4-5-8(11)6-7/h7-8H,4-6H2,1-3H3. The van der Waals surface area contributed by atoms with E-state index in [1.807, 2.05) is 20.8 Å². The smallest absolute Gasteiger partial charge is 0.309 e. The summed E-state index contributed by atoms with van der Waals surface area (Å²) < 4.78 is 5.31. The second-order valence-electron chi connectivity index (χ2n) is 4.64. The number of esters is 1. The molecule has 0 aromatic carbocycles. The summed E-state index contributed by atoms with van der Waals surface area (Å²) in [5.74, 6) is 0.0815. The van der Waals surface area contributed by atoms with Gasteiger partial charge in [0.25, 0.3) is 0 Å². The van der Waals surface area contributed by atoms with Gasteiger partial charge in [-0.25, -0.2) is 0 Å². The van der Waals surface area contributed by atoms with Crippen LogP contribution in [0.5, 0.6) is 0 Å². The Bertz CT molecular complexity index is 196. The molecule has 0 heterocycles. The molecular weight excluding hydrogens is 232 g/mol. The lowest BCUT2D eigenvalue weighted by Crippen LogP contribution is -2.27. The number of hydrogen-bond donors (Lipinski definition) is 0. The molecule has 0 bridgehead atoms. The first kappa shape index (κ1) is 11.0. The van der Waals surface area contributed by atoms with Crippen molar-refractivity contribution in [1.29, 1.82) is 0 Å². The first-order valence-electron chi connectivity index (χ1n) is 4.75. The number of hydrogen-bond acceptors (Lipinski definition) is 2. The molecule has 0 N–H and O–H groups in total. The molecule has 1 aliphatic rings. The predicted molar refractivity (Wildman–Crippen MR) is 55.9 cm³/mol. The summed E-state index contributed by atoms with van der Waals surface area (Å²) in [6.07, 6.45) is 2.98. The van der Waals surface area contributed by atoms with E-state index < -0.39 is 0 Å². The van der Waals surface area contributed by atoms with Crippen molar-refractivity contribution >= 4 is 21.9 Å². The van der Waals surface area contributed by atoms with Crippen molar-refractivity contribution < 1.29 is 9.53 Å². The third-order valence-corrected chi connectivity index (χ3v) is 2.94. The van der Waals surface area contributed by atoms with E-state index in [0.29, 0.717) is 4.83 Å². The van der Waals surface area contributed by atoms with Gasteiger partial charge in [0.2, 0.25) is 0 Å². The fourth-order valence-electron chi connectivity index (χ4n) is 1.53. The Hall–Kier alpha value is -0.0500. The van der Waals surface area contributed by atoms with Crippen molar-refractivity contribution in [3.8, 4) is 0 Å². The van der Waals surface area contributed by atoms with Crippen LogP contribution in [0, 0.1) is 5.92 Å². The highest BCUT2D eigenvalue weighted by atomic mass is 79.9. The number of halogens is 1. The van der Waals surface area contributed by atoms with Gasteiger partial charge in [0.1, 0.15) is 5.60 Å². The highest BCUT2D eigenvalue weighted by Gasteiger charge is 2.31. The summed E-state index contributed by atoms with van der Waals surface area (Å²) in [6, 6.07) is 0. The number of rotatable bonds is 1. The van der Waals surface area contributed by atoms with Crippen molar-refractivity contribution in [2.24, 2.45) is 5.92 Å². The third kappa shape index (κ3) is 3.67. The summed E-state index contributed by atoms with van der Waals surface area (Å²) in [4.78, 5) is 12.1. The highest BCUT2D eigenvalue weighted by Crippen LogP contribution is 2.32. The largest absolute Gasteiger partial charge is 0.460 e. The maximum Gasteiger partial charge on any atom is 0.309 e. The van der Waals surface area contributed by atoms with Crippen molar-refractivity contribution in [2.75, 3.05) is 0 Å². The molecule has 76 valence electrons. The number of ether oxygens (including phenoxy) is 1. The molecular formula is C10H17BrO2. The summed E-state index contributed by atoms with van der Waals surface area (Å²) in [5.41, 5.74) is -0.346. The minimum absolute atomic E-state index is 0.0329. The first-order valence-corrected chi connectivity index (χ1v) is 5.67. The van der Waals surface area contributed by atoms with E-state index in [2.05, 4.69) is 15.9 Å². The van der Waals surface area contributed by atoms with Gasteiger partial charge in [-0.2, -0.15) is 0 Å². The molecule has 2 unspecified atom stereocenters. The molecule has 0 aromatic heterocycles. The van der Waals surface area contributed by atoms with Crippen LogP contribution in [-0.4, -0.2) is 16.4 Å². The van der Waals surface area contributed by atoms with Gasteiger partial charge in [0.15, 0.2) is 0 Å². The van der Waals surface area contributed by atoms with Gasteiger partial charge in [-0.15, -0.1) is 0 Å².